The Bertz CT molecular complexity index is 1890. The van der Waals surface area contributed by atoms with Crippen LogP contribution >= 0.6 is 0 Å². The van der Waals surface area contributed by atoms with Gasteiger partial charge in [0, 0.05) is 22.3 Å². The Kier molecular flexibility index (Phi) is 7.63. The predicted octanol–water partition coefficient (Wildman–Crippen LogP) is 10.3. The van der Waals surface area contributed by atoms with E-state index in [0.717, 1.165) is 39.9 Å². The molecule has 5 aromatic carbocycles. The summed E-state index contributed by atoms with van der Waals surface area (Å²) >= 11 is 0. The van der Waals surface area contributed by atoms with Gasteiger partial charge in [0.05, 0.1) is 5.69 Å². The molecule has 6 aromatic rings. The maximum Gasteiger partial charge on any atom is 0.231 e. The van der Waals surface area contributed by atoms with Crippen LogP contribution in [0.15, 0.2) is 152 Å². The summed E-state index contributed by atoms with van der Waals surface area (Å²) in [6, 6.07) is 45.9. The van der Waals surface area contributed by atoms with E-state index in [1.165, 1.54) is 16.7 Å². The summed E-state index contributed by atoms with van der Waals surface area (Å²) < 4.78 is 0. The molecule has 44 heavy (non-hydrogen) atoms. The van der Waals surface area contributed by atoms with Crippen molar-refractivity contribution < 1.29 is 0 Å². The minimum atomic E-state index is 0.355. The minimum Gasteiger partial charge on any atom is -0.323 e. The number of nitrogens with zero attached hydrogens (tertiary/aromatic N) is 3. The van der Waals surface area contributed by atoms with Crippen LogP contribution < -0.4 is 5.32 Å². The lowest BCUT2D eigenvalue weighted by Gasteiger charge is -2.24. The van der Waals surface area contributed by atoms with Crippen molar-refractivity contribution in [3.63, 3.8) is 0 Å². The molecule has 0 aliphatic heterocycles. The van der Waals surface area contributed by atoms with Crippen molar-refractivity contribution in [2.75, 3.05) is 5.32 Å². The SMILES string of the molecule is CC1CC=CC=C1c1cc(-c2ccccc2)cc(-c2ccccc2)c1Nc1nc(-c2ccccc2)nc(-c2ccccc2)n1. The average molecular weight is 569 g/mol. The molecule has 1 atom stereocenters. The summed E-state index contributed by atoms with van der Waals surface area (Å²) in [6.45, 7) is 2.29. The highest BCUT2D eigenvalue weighted by Gasteiger charge is 2.22. The van der Waals surface area contributed by atoms with Crippen molar-refractivity contribution in [1.82, 2.24) is 15.0 Å². The van der Waals surface area contributed by atoms with Gasteiger partial charge in [0.1, 0.15) is 0 Å². The molecule has 0 bridgehead atoms. The molecule has 7 rings (SSSR count). The maximum absolute atomic E-state index is 4.98. The monoisotopic (exact) mass is 568 g/mol. The van der Waals surface area contributed by atoms with E-state index in [1.54, 1.807) is 0 Å². The molecule has 0 amide bonds. The Balaban J connectivity index is 1.47. The third-order valence-electron chi connectivity index (χ3n) is 8.01. The highest BCUT2D eigenvalue weighted by molar-refractivity contribution is 5.94. The van der Waals surface area contributed by atoms with E-state index in [1.807, 2.05) is 60.7 Å². The summed E-state index contributed by atoms with van der Waals surface area (Å²) in [6.07, 6.45) is 7.64. The van der Waals surface area contributed by atoms with E-state index in [9.17, 15) is 0 Å². The fraction of sp³-hybridized carbons (Fsp3) is 0.0750. The maximum atomic E-state index is 4.98. The van der Waals surface area contributed by atoms with Crippen molar-refractivity contribution in [2.24, 2.45) is 5.92 Å². The van der Waals surface area contributed by atoms with Gasteiger partial charge in [-0.3, -0.25) is 0 Å². The van der Waals surface area contributed by atoms with Gasteiger partial charge in [-0.15, -0.1) is 0 Å². The molecule has 0 saturated carbocycles. The lowest BCUT2D eigenvalue weighted by molar-refractivity contribution is 0.759. The van der Waals surface area contributed by atoms with E-state index in [4.69, 9.17) is 15.0 Å². The fourth-order valence-electron chi connectivity index (χ4n) is 5.72. The van der Waals surface area contributed by atoms with E-state index >= 15 is 0 Å². The van der Waals surface area contributed by atoms with Crippen molar-refractivity contribution in [2.45, 2.75) is 13.3 Å². The summed E-state index contributed by atoms with van der Waals surface area (Å²) in [7, 11) is 0. The summed E-state index contributed by atoms with van der Waals surface area (Å²) in [4.78, 5) is 14.8. The topological polar surface area (TPSA) is 50.7 Å². The van der Waals surface area contributed by atoms with Crippen LogP contribution in [0.3, 0.4) is 0 Å². The van der Waals surface area contributed by atoms with Gasteiger partial charge < -0.3 is 5.32 Å². The Hall–Kier alpha value is -5.61. The molecular formula is C40H32N4. The molecule has 1 N–H and O–H groups in total. The third-order valence-corrected chi connectivity index (χ3v) is 8.01. The second-order valence-corrected chi connectivity index (χ2v) is 11.0. The zero-order chi connectivity index (χ0) is 29.7. The van der Waals surface area contributed by atoms with Gasteiger partial charge in [-0.25, -0.2) is 4.98 Å². The first-order valence-corrected chi connectivity index (χ1v) is 15.0. The highest BCUT2D eigenvalue weighted by Crippen LogP contribution is 2.43. The van der Waals surface area contributed by atoms with Crippen LogP contribution in [0.5, 0.6) is 0 Å². The number of rotatable bonds is 7. The molecular weight excluding hydrogens is 536 g/mol. The largest absolute Gasteiger partial charge is 0.323 e. The Morgan fingerprint density at radius 2 is 1.05 bits per heavy atom. The van der Waals surface area contributed by atoms with Gasteiger partial charge in [-0.1, -0.05) is 146 Å². The van der Waals surface area contributed by atoms with Gasteiger partial charge in [-0.2, -0.15) is 9.97 Å². The van der Waals surface area contributed by atoms with E-state index in [0.29, 0.717) is 23.5 Å². The van der Waals surface area contributed by atoms with E-state index < -0.39 is 0 Å². The second-order valence-electron chi connectivity index (χ2n) is 11.0. The lowest BCUT2D eigenvalue weighted by atomic mass is 9.83. The molecule has 1 unspecified atom stereocenters. The number of benzene rings is 5. The quantitative estimate of drug-likeness (QED) is 0.208. The van der Waals surface area contributed by atoms with Gasteiger partial charge in [0.15, 0.2) is 11.6 Å². The van der Waals surface area contributed by atoms with Crippen molar-refractivity contribution >= 4 is 17.2 Å². The number of hydrogen-bond acceptors (Lipinski definition) is 4. The molecule has 212 valence electrons. The number of aromatic nitrogens is 3. The van der Waals surface area contributed by atoms with Crippen LogP contribution in [-0.4, -0.2) is 15.0 Å². The molecule has 4 nitrogen and oxygen atoms in total. The fourth-order valence-corrected chi connectivity index (χ4v) is 5.72. The van der Waals surface area contributed by atoms with Gasteiger partial charge in [0.2, 0.25) is 5.95 Å². The van der Waals surface area contributed by atoms with Crippen LogP contribution in [0.2, 0.25) is 0 Å². The number of nitrogens with one attached hydrogen (secondary N) is 1. The second kappa shape index (κ2) is 12.3. The normalized spacial score (nSPS) is 14.2. The Morgan fingerprint density at radius 3 is 1.59 bits per heavy atom. The first-order valence-electron chi connectivity index (χ1n) is 15.0. The molecule has 0 saturated heterocycles. The summed E-state index contributed by atoms with van der Waals surface area (Å²) in [5.74, 6) is 2.11. The molecule has 0 fully saturated rings. The Labute approximate surface area is 258 Å². The Morgan fingerprint density at radius 1 is 0.545 bits per heavy atom. The summed E-state index contributed by atoms with van der Waals surface area (Å²) in [5, 5.41) is 3.73. The zero-order valence-corrected chi connectivity index (χ0v) is 24.6. The van der Waals surface area contributed by atoms with E-state index in [2.05, 4.69) is 103 Å². The standard InChI is InChI=1S/C40H32N4/c1-28-16-14-15-25-34(28)36-27-33(29-17-6-2-7-18-29)26-35(30-19-8-3-9-20-30)37(36)41-40-43-38(31-21-10-4-11-22-31)42-39(44-40)32-23-12-5-13-24-32/h2-15,17-28H,16H2,1H3,(H,41,42,43,44). The number of allylic oxidation sites excluding steroid dienone is 4. The predicted molar refractivity (Wildman–Crippen MR) is 182 cm³/mol. The third kappa shape index (κ3) is 5.70. The van der Waals surface area contributed by atoms with Crippen molar-refractivity contribution in [1.29, 1.82) is 0 Å². The molecule has 1 aliphatic rings. The molecule has 1 aliphatic carbocycles. The first-order chi connectivity index (χ1) is 21.7. The molecule has 0 radical (unpaired) electrons. The zero-order valence-electron chi connectivity index (χ0n) is 24.6. The first kappa shape index (κ1) is 27.2. The van der Waals surface area contributed by atoms with Crippen LogP contribution in [0.25, 0.3) is 50.6 Å². The number of hydrogen-bond donors (Lipinski definition) is 1. The molecule has 1 aromatic heterocycles. The molecule has 0 spiro atoms. The minimum absolute atomic E-state index is 0.355. The summed E-state index contributed by atoms with van der Waals surface area (Å²) in [5.41, 5.74) is 9.83. The van der Waals surface area contributed by atoms with Crippen LogP contribution in [0.4, 0.5) is 11.6 Å². The lowest BCUT2D eigenvalue weighted by Crippen LogP contribution is -2.09. The molecule has 1 heterocycles. The average Bonchev–Trinajstić information content (AvgIpc) is 3.10. The highest BCUT2D eigenvalue weighted by atomic mass is 15.2. The van der Waals surface area contributed by atoms with Crippen LogP contribution in [-0.2, 0) is 0 Å². The molecule has 4 heteroatoms. The van der Waals surface area contributed by atoms with Gasteiger partial charge in [-0.05, 0) is 46.7 Å². The van der Waals surface area contributed by atoms with Gasteiger partial charge in [0.25, 0.3) is 0 Å². The van der Waals surface area contributed by atoms with Crippen LogP contribution in [0, 0.1) is 5.92 Å². The van der Waals surface area contributed by atoms with Crippen molar-refractivity contribution in [3.8, 4) is 45.0 Å². The van der Waals surface area contributed by atoms with E-state index in [-0.39, 0.29) is 0 Å². The number of anilines is 2. The van der Waals surface area contributed by atoms with Gasteiger partial charge >= 0.3 is 0 Å². The van der Waals surface area contributed by atoms with Crippen LogP contribution in [0.1, 0.15) is 18.9 Å². The smallest absolute Gasteiger partial charge is 0.231 e. The van der Waals surface area contributed by atoms with Crippen molar-refractivity contribution in [3.05, 3.63) is 157 Å².